The van der Waals surface area contributed by atoms with Gasteiger partial charge in [-0.1, -0.05) is 0 Å². The lowest BCUT2D eigenvalue weighted by Crippen LogP contribution is -2.46. The Labute approximate surface area is 183 Å². The molecule has 4 heterocycles. The number of nitrogens with two attached hydrogens (primary N) is 1. The molecule has 164 valence electrons. The fourth-order valence-electron chi connectivity index (χ4n) is 3.91. The molecule has 1 fully saturated rings. The molecule has 0 spiro atoms. The lowest BCUT2D eigenvalue weighted by Gasteiger charge is -2.40. The van der Waals surface area contributed by atoms with Crippen LogP contribution in [-0.2, 0) is 12.1 Å². The Kier molecular flexibility index (Phi) is 6.04. The van der Waals surface area contributed by atoms with Gasteiger partial charge in [0, 0.05) is 50.0 Å². The number of anilines is 2. The minimum absolute atomic E-state index is 0.168. The summed E-state index contributed by atoms with van der Waals surface area (Å²) in [6.45, 7) is 2.12. The number of aromatic nitrogens is 5. The molecule has 32 heavy (non-hydrogen) atoms. The van der Waals surface area contributed by atoms with Gasteiger partial charge in [-0.25, -0.2) is 4.98 Å². The third kappa shape index (κ3) is 4.55. The molecule has 0 radical (unpaired) electrons. The molecule has 0 atom stereocenters. The highest BCUT2D eigenvalue weighted by molar-refractivity contribution is 5.98. The van der Waals surface area contributed by atoms with Crippen molar-refractivity contribution in [3.63, 3.8) is 0 Å². The van der Waals surface area contributed by atoms with Crippen molar-refractivity contribution in [2.75, 3.05) is 18.4 Å². The molecule has 3 aromatic rings. The summed E-state index contributed by atoms with van der Waals surface area (Å²) < 4.78 is 15.1. The zero-order valence-corrected chi connectivity index (χ0v) is 17.3. The molecule has 4 rings (SSSR count). The summed E-state index contributed by atoms with van der Waals surface area (Å²) >= 11 is 0. The highest BCUT2D eigenvalue weighted by atomic mass is 19.1. The predicted molar refractivity (Wildman–Crippen MR) is 113 cm³/mol. The van der Waals surface area contributed by atoms with Crippen molar-refractivity contribution in [3.8, 4) is 6.07 Å². The topological polar surface area (TPSA) is 139 Å². The molecule has 3 aromatic heterocycles. The van der Waals surface area contributed by atoms with E-state index < -0.39 is 17.4 Å². The van der Waals surface area contributed by atoms with Crippen LogP contribution in [0.15, 0.2) is 42.9 Å². The first-order valence-corrected chi connectivity index (χ1v) is 10.1. The molecule has 0 bridgehead atoms. The minimum atomic E-state index is -0.666. The summed E-state index contributed by atoms with van der Waals surface area (Å²) in [6.07, 6.45) is 6.06. The summed E-state index contributed by atoms with van der Waals surface area (Å²) in [5.41, 5.74) is 6.42. The number of carbonyl (C=O) groups is 1. The molecule has 0 saturated carbocycles. The lowest BCUT2D eigenvalue weighted by molar-refractivity contribution is 0.0959. The van der Waals surface area contributed by atoms with Crippen LogP contribution in [0.2, 0.25) is 0 Å². The van der Waals surface area contributed by atoms with Gasteiger partial charge < -0.3 is 11.1 Å². The van der Waals surface area contributed by atoms with Crippen LogP contribution in [0.1, 0.15) is 35.3 Å². The maximum atomic E-state index is 13.5. The van der Waals surface area contributed by atoms with Gasteiger partial charge in [-0.15, -0.1) is 0 Å². The first kappa shape index (κ1) is 21.3. The first-order valence-electron chi connectivity index (χ1n) is 10.1. The monoisotopic (exact) mass is 435 g/mol. The number of nitriles is 1. The number of primary amides is 1. The third-order valence-electron chi connectivity index (χ3n) is 5.66. The van der Waals surface area contributed by atoms with Crippen molar-refractivity contribution in [1.82, 2.24) is 29.9 Å². The maximum Gasteiger partial charge on any atom is 0.254 e. The van der Waals surface area contributed by atoms with E-state index in [0.29, 0.717) is 25.1 Å². The fourth-order valence-corrected chi connectivity index (χ4v) is 3.91. The van der Waals surface area contributed by atoms with E-state index in [4.69, 9.17) is 5.73 Å². The van der Waals surface area contributed by atoms with Crippen molar-refractivity contribution in [2.24, 2.45) is 5.73 Å². The Morgan fingerprint density at radius 1 is 1.31 bits per heavy atom. The quantitative estimate of drug-likeness (QED) is 0.537. The molecular weight excluding hydrogens is 413 g/mol. The van der Waals surface area contributed by atoms with Gasteiger partial charge in [0.25, 0.3) is 5.91 Å². The maximum absolute atomic E-state index is 13.5. The number of nitrogens with one attached hydrogen (secondary N) is 1. The number of rotatable bonds is 7. The number of halogens is 1. The molecular formula is C21H22FN9O. The molecule has 1 amide bonds. The van der Waals surface area contributed by atoms with E-state index in [0.717, 1.165) is 18.8 Å². The van der Waals surface area contributed by atoms with E-state index in [1.54, 1.807) is 23.1 Å². The SMILES string of the molecule is N#CCC1(n2cc(C(N)=O)c(Nc3ccnc(F)c3)n2)CCN(Cc2cccnn2)CC1. The number of amides is 1. The van der Waals surface area contributed by atoms with Crippen LogP contribution in [0.3, 0.4) is 0 Å². The van der Waals surface area contributed by atoms with Crippen LogP contribution in [0.4, 0.5) is 15.9 Å². The fraction of sp³-hybridized carbons (Fsp3) is 0.333. The van der Waals surface area contributed by atoms with E-state index in [1.165, 1.54) is 12.3 Å². The average Bonchev–Trinajstić information content (AvgIpc) is 3.21. The number of likely N-dealkylation sites (tertiary alicyclic amines) is 1. The number of pyridine rings is 1. The molecule has 0 aliphatic carbocycles. The Morgan fingerprint density at radius 3 is 2.78 bits per heavy atom. The second-order valence-corrected chi connectivity index (χ2v) is 7.74. The predicted octanol–water partition coefficient (Wildman–Crippen LogP) is 1.95. The van der Waals surface area contributed by atoms with Crippen molar-refractivity contribution >= 4 is 17.4 Å². The van der Waals surface area contributed by atoms with Crippen LogP contribution < -0.4 is 11.1 Å². The smallest absolute Gasteiger partial charge is 0.254 e. The number of hydrogen-bond acceptors (Lipinski definition) is 8. The van der Waals surface area contributed by atoms with E-state index in [9.17, 15) is 14.4 Å². The van der Waals surface area contributed by atoms with Crippen molar-refractivity contribution in [1.29, 1.82) is 5.26 Å². The van der Waals surface area contributed by atoms with Crippen LogP contribution in [0.25, 0.3) is 0 Å². The molecule has 11 heteroatoms. The summed E-state index contributed by atoms with van der Waals surface area (Å²) in [5, 5.41) is 25.0. The number of hydrogen-bond donors (Lipinski definition) is 2. The van der Waals surface area contributed by atoms with Gasteiger partial charge in [0.2, 0.25) is 5.95 Å². The van der Waals surface area contributed by atoms with Gasteiger partial charge in [0.15, 0.2) is 5.82 Å². The van der Waals surface area contributed by atoms with Gasteiger partial charge in [-0.05, 0) is 31.0 Å². The summed E-state index contributed by atoms with van der Waals surface area (Å²) in [4.78, 5) is 17.8. The van der Waals surface area contributed by atoms with Gasteiger partial charge in [-0.3, -0.25) is 14.4 Å². The average molecular weight is 435 g/mol. The van der Waals surface area contributed by atoms with Crippen LogP contribution in [0, 0.1) is 17.3 Å². The Bertz CT molecular complexity index is 1130. The summed E-state index contributed by atoms with van der Waals surface area (Å²) in [7, 11) is 0. The number of carbonyl (C=O) groups excluding carboxylic acids is 1. The standard InChI is InChI=1S/C21H22FN9O/c22-18-12-15(3-9-25-18)27-20-17(19(24)32)14-31(29-20)21(4-7-23)5-10-30(11-6-21)13-16-2-1-8-26-28-16/h1-3,8-9,12,14H,4-6,10-11,13H2,(H2,24,32)(H,25,27,29). The number of nitrogens with zero attached hydrogens (tertiary/aromatic N) is 7. The van der Waals surface area contributed by atoms with Crippen molar-refractivity contribution < 1.29 is 9.18 Å². The second-order valence-electron chi connectivity index (χ2n) is 7.74. The van der Waals surface area contributed by atoms with E-state index in [-0.39, 0.29) is 17.8 Å². The van der Waals surface area contributed by atoms with E-state index >= 15 is 0 Å². The Hall–Kier alpha value is -3.91. The molecule has 10 nitrogen and oxygen atoms in total. The van der Waals surface area contributed by atoms with Gasteiger partial charge in [0.05, 0.1) is 23.7 Å². The molecule has 0 unspecified atom stereocenters. The van der Waals surface area contributed by atoms with Crippen LogP contribution in [0.5, 0.6) is 0 Å². The van der Waals surface area contributed by atoms with Crippen molar-refractivity contribution in [3.05, 3.63) is 60.1 Å². The zero-order valence-electron chi connectivity index (χ0n) is 17.3. The molecule has 1 aliphatic rings. The normalized spacial score (nSPS) is 15.8. The van der Waals surface area contributed by atoms with Crippen molar-refractivity contribution in [2.45, 2.75) is 31.3 Å². The molecule has 1 saturated heterocycles. The van der Waals surface area contributed by atoms with E-state index in [1.807, 2.05) is 12.1 Å². The zero-order chi connectivity index (χ0) is 22.6. The van der Waals surface area contributed by atoms with Gasteiger partial charge in [-0.2, -0.15) is 24.9 Å². The third-order valence-corrected chi connectivity index (χ3v) is 5.66. The second kappa shape index (κ2) is 9.07. The van der Waals surface area contributed by atoms with Gasteiger partial charge >= 0.3 is 0 Å². The molecule has 1 aliphatic heterocycles. The van der Waals surface area contributed by atoms with Gasteiger partial charge in [0.1, 0.15) is 5.56 Å². The molecule has 3 N–H and O–H groups in total. The van der Waals surface area contributed by atoms with Crippen LogP contribution >= 0.6 is 0 Å². The van der Waals surface area contributed by atoms with Crippen LogP contribution in [-0.4, -0.2) is 48.9 Å². The highest BCUT2D eigenvalue weighted by Gasteiger charge is 2.38. The summed E-state index contributed by atoms with van der Waals surface area (Å²) in [5.74, 6) is -1.12. The largest absolute Gasteiger partial charge is 0.365 e. The summed E-state index contributed by atoms with van der Waals surface area (Å²) in [6, 6.07) is 8.79. The Morgan fingerprint density at radius 2 is 2.12 bits per heavy atom. The lowest BCUT2D eigenvalue weighted by atomic mass is 9.85. The highest BCUT2D eigenvalue weighted by Crippen LogP contribution is 2.35. The number of piperidine rings is 1. The van der Waals surface area contributed by atoms with E-state index in [2.05, 4.69) is 36.6 Å². The Balaban J connectivity index is 1.57. The molecule has 0 aromatic carbocycles. The minimum Gasteiger partial charge on any atom is -0.365 e. The first-order chi connectivity index (χ1) is 15.5.